The average Bonchev–Trinajstić information content (AvgIpc) is 2.92. The number of likely N-dealkylation sites (N-methyl/N-ethyl adjacent to an activating group) is 1. The lowest BCUT2D eigenvalue weighted by atomic mass is 10.1. The number of ether oxygens (including phenoxy) is 1. The summed E-state index contributed by atoms with van der Waals surface area (Å²) in [5, 5.41) is 3.35. The molecule has 4 nitrogen and oxygen atoms in total. The van der Waals surface area contributed by atoms with E-state index in [2.05, 4.69) is 17.1 Å². The van der Waals surface area contributed by atoms with Crippen LogP contribution in [0.4, 0.5) is 0 Å². The molecule has 1 aromatic heterocycles. The van der Waals surface area contributed by atoms with E-state index in [1.54, 1.807) is 6.26 Å². The maximum Gasteiger partial charge on any atom is 0.117 e. The SMILES string of the molecule is CCN(CCOC1CCNCC1)Cc1ccco1. The van der Waals surface area contributed by atoms with Gasteiger partial charge in [-0.25, -0.2) is 0 Å². The summed E-state index contributed by atoms with van der Waals surface area (Å²) in [4.78, 5) is 2.35. The Labute approximate surface area is 109 Å². The third-order valence-corrected chi connectivity index (χ3v) is 3.45. The fourth-order valence-corrected chi connectivity index (χ4v) is 2.28. The van der Waals surface area contributed by atoms with Crippen molar-refractivity contribution in [1.82, 2.24) is 10.2 Å². The summed E-state index contributed by atoms with van der Waals surface area (Å²) in [6.45, 7) is 8.05. The summed E-state index contributed by atoms with van der Waals surface area (Å²) in [6, 6.07) is 3.96. The van der Waals surface area contributed by atoms with Crippen LogP contribution in [-0.2, 0) is 11.3 Å². The monoisotopic (exact) mass is 252 g/mol. The molecule has 1 aromatic rings. The quantitative estimate of drug-likeness (QED) is 0.804. The highest BCUT2D eigenvalue weighted by atomic mass is 16.5. The predicted octanol–water partition coefficient (Wildman–Crippen LogP) is 1.87. The molecule has 4 heteroatoms. The zero-order valence-corrected chi connectivity index (χ0v) is 11.2. The first-order chi connectivity index (χ1) is 8.88. The van der Waals surface area contributed by atoms with Crippen LogP contribution >= 0.6 is 0 Å². The van der Waals surface area contributed by atoms with Crippen LogP contribution in [0.15, 0.2) is 22.8 Å². The molecule has 0 radical (unpaired) electrons. The van der Waals surface area contributed by atoms with Gasteiger partial charge in [-0.15, -0.1) is 0 Å². The molecule has 0 saturated carbocycles. The second-order valence-corrected chi connectivity index (χ2v) is 4.77. The van der Waals surface area contributed by atoms with Crippen molar-refractivity contribution in [1.29, 1.82) is 0 Å². The Morgan fingerprint density at radius 2 is 2.28 bits per heavy atom. The summed E-state index contributed by atoms with van der Waals surface area (Å²) in [7, 11) is 0. The van der Waals surface area contributed by atoms with E-state index in [0.29, 0.717) is 6.10 Å². The van der Waals surface area contributed by atoms with Crippen molar-refractivity contribution in [3.05, 3.63) is 24.2 Å². The van der Waals surface area contributed by atoms with Gasteiger partial charge >= 0.3 is 0 Å². The molecule has 102 valence electrons. The van der Waals surface area contributed by atoms with Crippen molar-refractivity contribution >= 4 is 0 Å². The van der Waals surface area contributed by atoms with Gasteiger partial charge in [0.15, 0.2) is 0 Å². The van der Waals surface area contributed by atoms with Crippen LogP contribution in [0, 0.1) is 0 Å². The first-order valence-corrected chi connectivity index (χ1v) is 6.95. The van der Waals surface area contributed by atoms with Crippen LogP contribution in [0.25, 0.3) is 0 Å². The molecule has 0 bridgehead atoms. The minimum absolute atomic E-state index is 0.452. The molecule has 1 saturated heterocycles. The molecule has 2 rings (SSSR count). The highest BCUT2D eigenvalue weighted by molar-refractivity contribution is 4.97. The topological polar surface area (TPSA) is 37.6 Å². The lowest BCUT2D eigenvalue weighted by molar-refractivity contribution is 0.0190. The van der Waals surface area contributed by atoms with Crippen molar-refractivity contribution in [3.63, 3.8) is 0 Å². The minimum atomic E-state index is 0.452. The maximum atomic E-state index is 5.92. The van der Waals surface area contributed by atoms with E-state index >= 15 is 0 Å². The van der Waals surface area contributed by atoms with E-state index in [0.717, 1.165) is 57.9 Å². The first-order valence-electron chi connectivity index (χ1n) is 6.95. The van der Waals surface area contributed by atoms with Crippen LogP contribution in [0.1, 0.15) is 25.5 Å². The van der Waals surface area contributed by atoms with Crippen LogP contribution in [0.3, 0.4) is 0 Å². The van der Waals surface area contributed by atoms with E-state index in [1.807, 2.05) is 12.1 Å². The molecule has 1 aliphatic rings. The largest absolute Gasteiger partial charge is 0.468 e. The van der Waals surface area contributed by atoms with Gasteiger partial charge in [-0.2, -0.15) is 0 Å². The van der Waals surface area contributed by atoms with E-state index in [-0.39, 0.29) is 0 Å². The second-order valence-electron chi connectivity index (χ2n) is 4.77. The molecular weight excluding hydrogens is 228 g/mol. The Bertz CT molecular complexity index is 308. The number of nitrogens with zero attached hydrogens (tertiary/aromatic N) is 1. The molecule has 0 amide bonds. The van der Waals surface area contributed by atoms with Gasteiger partial charge in [0.2, 0.25) is 0 Å². The van der Waals surface area contributed by atoms with Gasteiger partial charge in [-0.1, -0.05) is 6.92 Å². The Morgan fingerprint density at radius 3 is 2.94 bits per heavy atom. The standard InChI is InChI=1S/C14H24N2O2/c1-2-16(12-14-4-3-10-17-14)9-11-18-13-5-7-15-8-6-13/h3-4,10,13,15H,2,5-9,11-12H2,1H3. The number of hydrogen-bond acceptors (Lipinski definition) is 4. The van der Waals surface area contributed by atoms with Crippen LogP contribution in [0.5, 0.6) is 0 Å². The van der Waals surface area contributed by atoms with Gasteiger partial charge in [0.05, 0.1) is 25.5 Å². The van der Waals surface area contributed by atoms with Crippen molar-refractivity contribution < 1.29 is 9.15 Å². The summed E-state index contributed by atoms with van der Waals surface area (Å²) < 4.78 is 11.3. The van der Waals surface area contributed by atoms with Gasteiger partial charge in [0.1, 0.15) is 5.76 Å². The Hall–Kier alpha value is -0.840. The summed E-state index contributed by atoms with van der Waals surface area (Å²) >= 11 is 0. The number of piperidine rings is 1. The zero-order valence-electron chi connectivity index (χ0n) is 11.2. The van der Waals surface area contributed by atoms with E-state index in [4.69, 9.17) is 9.15 Å². The zero-order chi connectivity index (χ0) is 12.6. The van der Waals surface area contributed by atoms with Crippen LogP contribution < -0.4 is 5.32 Å². The second kappa shape index (κ2) is 7.56. The van der Waals surface area contributed by atoms with Gasteiger partial charge in [0.25, 0.3) is 0 Å². The van der Waals surface area contributed by atoms with Crippen molar-refractivity contribution in [2.75, 3.05) is 32.8 Å². The number of hydrogen-bond donors (Lipinski definition) is 1. The number of nitrogens with one attached hydrogen (secondary N) is 1. The first kappa shape index (κ1) is 13.6. The molecule has 2 heterocycles. The van der Waals surface area contributed by atoms with Gasteiger partial charge in [0, 0.05) is 6.54 Å². The molecule has 0 aliphatic carbocycles. The van der Waals surface area contributed by atoms with Crippen LogP contribution in [0.2, 0.25) is 0 Å². The fraction of sp³-hybridized carbons (Fsp3) is 0.714. The molecule has 1 aliphatic heterocycles. The molecular formula is C14H24N2O2. The summed E-state index contributed by atoms with van der Waals surface area (Å²) in [5.74, 6) is 1.03. The third-order valence-electron chi connectivity index (χ3n) is 3.45. The molecule has 0 atom stereocenters. The molecule has 18 heavy (non-hydrogen) atoms. The molecule has 0 unspecified atom stereocenters. The maximum absolute atomic E-state index is 5.92. The highest BCUT2D eigenvalue weighted by Gasteiger charge is 2.13. The van der Waals surface area contributed by atoms with E-state index in [9.17, 15) is 0 Å². The summed E-state index contributed by atoms with van der Waals surface area (Å²) in [6.07, 6.45) is 4.47. The highest BCUT2D eigenvalue weighted by Crippen LogP contribution is 2.08. The Kier molecular flexibility index (Phi) is 5.71. The van der Waals surface area contributed by atoms with E-state index in [1.165, 1.54) is 0 Å². The third kappa shape index (κ3) is 4.44. The van der Waals surface area contributed by atoms with Crippen molar-refractivity contribution in [3.8, 4) is 0 Å². The Balaban J connectivity index is 1.64. The normalized spacial score (nSPS) is 17.4. The van der Waals surface area contributed by atoms with E-state index < -0.39 is 0 Å². The number of furan rings is 1. The lowest BCUT2D eigenvalue weighted by Crippen LogP contribution is -2.34. The molecule has 1 fully saturated rings. The minimum Gasteiger partial charge on any atom is -0.468 e. The van der Waals surface area contributed by atoms with Crippen LogP contribution in [-0.4, -0.2) is 43.8 Å². The smallest absolute Gasteiger partial charge is 0.117 e. The predicted molar refractivity (Wildman–Crippen MR) is 71.5 cm³/mol. The van der Waals surface area contributed by atoms with Gasteiger partial charge in [-0.3, -0.25) is 4.90 Å². The average molecular weight is 252 g/mol. The Morgan fingerprint density at radius 1 is 1.44 bits per heavy atom. The number of rotatable bonds is 7. The summed E-state index contributed by atoms with van der Waals surface area (Å²) in [5.41, 5.74) is 0. The van der Waals surface area contributed by atoms with Crippen molar-refractivity contribution in [2.45, 2.75) is 32.4 Å². The molecule has 0 aromatic carbocycles. The lowest BCUT2D eigenvalue weighted by Gasteiger charge is -2.25. The molecule has 0 spiro atoms. The molecule has 1 N–H and O–H groups in total. The fourth-order valence-electron chi connectivity index (χ4n) is 2.28. The van der Waals surface area contributed by atoms with Gasteiger partial charge < -0.3 is 14.5 Å². The van der Waals surface area contributed by atoms with Crippen molar-refractivity contribution in [2.24, 2.45) is 0 Å². The van der Waals surface area contributed by atoms with Gasteiger partial charge in [-0.05, 0) is 44.6 Å².